The van der Waals surface area contributed by atoms with Gasteiger partial charge in [-0.3, -0.25) is 4.79 Å². The first-order valence-electron chi connectivity index (χ1n) is 12.4. The first kappa shape index (κ1) is 23.2. The molecule has 184 valence electrons. The number of ether oxygens (including phenoxy) is 1. The minimum atomic E-state index is -0.102. The standard InChI is InChI=1S/C27H34N6O2/c1-17-9-10-24-21(14-17)27(34)32-12-7-6-8-23(32)22-15-25-29-20(4)19(3)26(33(25)30-22)31(5)13-11-28-18(2)16-35-24/h9-10,14-15,23,28H,2,6-8,11-13,16H2,1,3-5H3. The monoisotopic (exact) mass is 474 g/mol. The summed E-state index contributed by atoms with van der Waals surface area (Å²) in [4.78, 5) is 22.9. The number of aryl methyl sites for hydroxylation is 2. The van der Waals surface area contributed by atoms with E-state index in [1.165, 1.54) is 0 Å². The number of rotatable bonds is 0. The van der Waals surface area contributed by atoms with Crippen LogP contribution in [0, 0.1) is 20.8 Å². The Hall–Kier alpha value is -3.55. The Balaban J connectivity index is 1.66. The summed E-state index contributed by atoms with van der Waals surface area (Å²) in [5, 5.41) is 8.39. The third-order valence-electron chi connectivity index (χ3n) is 7.13. The number of nitrogens with zero attached hydrogens (tertiary/aromatic N) is 5. The van der Waals surface area contributed by atoms with Crippen molar-refractivity contribution in [1.29, 1.82) is 0 Å². The predicted molar refractivity (Wildman–Crippen MR) is 137 cm³/mol. The molecule has 0 spiro atoms. The summed E-state index contributed by atoms with van der Waals surface area (Å²) in [5.74, 6) is 1.58. The largest absolute Gasteiger partial charge is 0.487 e. The van der Waals surface area contributed by atoms with Gasteiger partial charge in [0.05, 0.1) is 17.3 Å². The molecule has 1 aromatic carbocycles. The lowest BCUT2D eigenvalue weighted by molar-refractivity contribution is 0.0601. The Bertz CT molecular complexity index is 1300. The molecule has 1 N–H and O–H groups in total. The highest BCUT2D eigenvalue weighted by Crippen LogP contribution is 2.35. The van der Waals surface area contributed by atoms with E-state index in [0.717, 1.165) is 65.5 Å². The summed E-state index contributed by atoms with van der Waals surface area (Å²) in [7, 11) is 2.07. The number of hydrogen-bond acceptors (Lipinski definition) is 6. The van der Waals surface area contributed by atoms with Crippen LogP contribution in [0.4, 0.5) is 5.82 Å². The van der Waals surface area contributed by atoms with E-state index in [4.69, 9.17) is 14.8 Å². The van der Waals surface area contributed by atoms with Crippen molar-refractivity contribution in [3.63, 3.8) is 0 Å². The molecule has 8 nitrogen and oxygen atoms in total. The van der Waals surface area contributed by atoms with Crippen LogP contribution in [0.15, 0.2) is 36.5 Å². The van der Waals surface area contributed by atoms with Crippen molar-refractivity contribution in [2.45, 2.75) is 46.1 Å². The third-order valence-corrected chi connectivity index (χ3v) is 7.13. The molecule has 2 aromatic heterocycles. The van der Waals surface area contributed by atoms with E-state index in [-0.39, 0.29) is 11.9 Å². The Morgan fingerprint density at radius 2 is 1.97 bits per heavy atom. The van der Waals surface area contributed by atoms with Gasteiger partial charge in [0.2, 0.25) is 0 Å². The van der Waals surface area contributed by atoms with Crippen LogP contribution in [0.5, 0.6) is 5.75 Å². The van der Waals surface area contributed by atoms with Gasteiger partial charge in [-0.05, 0) is 52.2 Å². The zero-order valence-corrected chi connectivity index (χ0v) is 21.1. The molecule has 0 aliphatic carbocycles. The van der Waals surface area contributed by atoms with E-state index in [1.54, 1.807) is 0 Å². The predicted octanol–water partition coefficient (Wildman–Crippen LogP) is 3.95. The summed E-state index contributed by atoms with van der Waals surface area (Å²) in [6, 6.07) is 7.73. The van der Waals surface area contributed by atoms with Crippen molar-refractivity contribution in [2.75, 3.05) is 38.2 Å². The normalized spacial score (nSPS) is 19.4. The quantitative estimate of drug-likeness (QED) is 0.532. The smallest absolute Gasteiger partial charge is 0.258 e. The summed E-state index contributed by atoms with van der Waals surface area (Å²) < 4.78 is 8.03. The van der Waals surface area contributed by atoms with Gasteiger partial charge in [-0.25, -0.2) is 4.98 Å². The van der Waals surface area contributed by atoms with Gasteiger partial charge in [0.1, 0.15) is 18.2 Å². The summed E-state index contributed by atoms with van der Waals surface area (Å²) in [6.07, 6.45) is 2.91. The fourth-order valence-electron chi connectivity index (χ4n) is 5.11. The van der Waals surface area contributed by atoms with Crippen LogP contribution >= 0.6 is 0 Å². The lowest BCUT2D eigenvalue weighted by Gasteiger charge is -2.35. The summed E-state index contributed by atoms with van der Waals surface area (Å²) in [5.41, 5.74) is 6.16. The molecule has 4 heterocycles. The highest BCUT2D eigenvalue weighted by molar-refractivity contribution is 5.97. The maximum atomic E-state index is 13.9. The van der Waals surface area contributed by atoms with E-state index in [0.29, 0.717) is 31.0 Å². The molecule has 1 atom stereocenters. The van der Waals surface area contributed by atoms with Crippen LogP contribution < -0.4 is 15.0 Å². The molecule has 1 unspecified atom stereocenters. The van der Waals surface area contributed by atoms with E-state index in [9.17, 15) is 4.79 Å². The molecule has 1 saturated heterocycles. The number of likely N-dealkylation sites (N-methyl/N-ethyl adjacent to an activating group) is 1. The zero-order chi connectivity index (χ0) is 24.7. The Kier molecular flexibility index (Phi) is 6.13. The van der Waals surface area contributed by atoms with Crippen molar-refractivity contribution in [3.8, 4) is 5.75 Å². The molecular weight excluding hydrogens is 440 g/mol. The van der Waals surface area contributed by atoms with Crippen LogP contribution in [0.1, 0.15) is 58.2 Å². The number of piperidine rings is 1. The first-order valence-corrected chi connectivity index (χ1v) is 12.4. The Morgan fingerprint density at radius 1 is 1.14 bits per heavy atom. The average molecular weight is 475 g/mol. The van der Waals surface area contributed by atoms with Gasteiger partial charge in [0, 0.05) is 49.7 Å². The highest BCUT2D eigenvalue weighted by Gasteiger charge is 2.32. The third kappa shape index (κ3) is 4.33. The van der Waals surface area contributed by atoms with Crippen LogP contribution in [-0.4, -0.2) is 58.7 Å². The molecule has 3 aromatic rings. The molecule has 1 fully saturated rings. The zero-order valence-electron chi connectivity index (χ0n) is 21.1. The first-order chi connectivity index (χ1) is 16.8. The molecule has 5 rings (SSSR count). The van der Waals surface area contributed by atoms with Crippen LogP contribution in [0.3, 0.4) is 0 Å². The molecular formula is C27H34N6O2. The van der Waals surface area contributed by atoms with Gasteiger partial charge in [0.15, 0.2) is 5.65 Å². The van der Waals surface area contributed by atoms with Crippen LogP contribution in [0.2, 0.25) is 0 Å². The van der Waals surface area contributed by atoms with Gasteiger partial charge in [0.25, 0.3) is 5.91 Å². The van der Waals surface area contributed by atoms with Crippen molar-refractivity contribution < 1.29 is 9.53 Å². The highest BCUT2D eigenvalue weighted by atomic mass is 16.5. The van der Waals surface area contributed by atoms with E-state index in [2.05, 4.69) is 30.8 Å². The maximum Gasteiger partial charge on any atom is 0.258 e. The number of aromatic nitrogens is 3. The SMILES string of the molecule is C=C1COc2ccc(C)cc2C(=O)N2CCCCC2c2cc3nc(C)c(C)c(n3n2)N(C)CCN1. The number of fused-ring (bicyclic) bond motifs is 4. The fourth-order valence-corrected chi connectivity index (χ4v) is 5.11. The number of carbonyl (C=O) groups excluding carboxylic acids is 1. The molecule has 1 amide bonds. The topological polar surface area (TPSA) is 75.0 Å². The fraction of sp³-hybridized carbons (Fsp3) is 0.444. The van der Waals surface area contributed by atoms with Crippen molar-refractivity contribution in [2.24, 2.45) is 0 Å². The van der Waals surface area contributed by atoms with Crippen LogP contribution in [-0.2, 0) is 0 Å². The summed E-state index contributed by atoms with van der Waals surface area (Å²) in [6.45, 7) is 12.7. The molecule has 0 saturated carbocycles. The molecule has 2 aliphatic rings. The molecule has 8 heteroatoms. The van der Waals surface area contributed by atoms with Crippen molar-refractivity contribution in [3.05, 3.63) is 64.6 Å². The summed E-state index contributed by atoms with van der Waals surface area (Å²) >= 11 is 0. The number of anilines is 1. The van der Waals surface area contributed by atoms with Gasteiger partial charge in [-0.2, -0.15) is 9.61 Å². The number of amides is 1. The van der Waals surface area contributed by atoms with Gasteiger partial charge >= 0.3 is 0 Å². The molecule has 2 aliphatic heterocycles. The van der Waals surface area contributed by atoms with E-state index >= 15 is 0 Å². The Morgan fingerprint density at radius 3 is 2.80 bits per heavy atom. The van der Waals surface area contributed by atoms with E-state index in [1.807, 2.05) is 47.5 Å². The molecule has 35 heavy (non-hydrogen) atoms. The minimum Gasteiger partial charge on any atom is -0.487 e. The van der Waals surface area contributed by atoms with Crippen LogP contribution in [0.25, 0.3) is 5.65 Å². The van der Waals surface area contributed by atoms with Crippen molar-refractivity contribution in [1.82, 2.24) is 24.8 Å². The molecule has 0 radical (unpaired) electrons. The number of benzene rings is 1. The van der Waals surface area contributed by atoms with Crippen molar-refractivity contribution >= 4 is 17.4 Å². The number of nitrogens with one attached hydrogen (secondary N) is 1. The molecule has 2 bridgehead atoms. The Labute approximate surface area is 206 Å². The second-order valence-corrected chi connectivity index (χ2v) is 9.74. The maximum absolute atomic E-state index is 13.9. The van der Waals surface area contributed by atoms with Gasteiger partial charge in [-0.1, -0.05) is 18.2 Å². The lowest BCUT2D eigenvalue weighted by Crippen LogP contribution is -2.39. The van der Waals surface area contributed by atoms with Gasteiger partial charge in [-0.15, -0.1) is 0 Å². The van der Waals surface area contributed by atoms with E-state index < -0.39 is 0 Å². The second kappa shape index (κ2) is 9.24. The number of hydrogen-bond donors (Lipinski definition) is 1. The second-order valence-electron chi connectivity index (χ2n) is 9.74. The minimum absolute atomic E-state index is 0.0196. The van der Waals surface area contributed by atoms with Gasteiger partial charge < -0.3 is 19.9 Å². The lowest BCUT2D eigenvalue weighted by atomic mass is 9.97. The number of carbonyl (C=O) groups is 1. The average Bonchev–Trinajstić information content (AvgIpc) is 3.26.